The molecule has 0 radical (unpaired) electrons. The summed E-state index contributed by atoms with van der Waals surface area (Å²) in [6.45, 7) is 2.05. The van der Waals surface area contributed by atoms with Crippen molar-refractivity contribution < 1.29 is 4.92 Å². The van der Waals surface area contributed by atoms with Crippen LogP contribution in [0.4, 0.5) is 11.4 Å². The number of para-hydroxylation sites is 2. The van der Waals surface area contributed by atoms with E-state index in [2.05, 4.69) is 9.56 Å². The van der Waals surface area contributed by atoms with Gasteiger partial charge in [-0.15, -0.1) is 11.3 Å². The summed E-state index contributed by atoms with van der Waals surface area (Å²) >= 11 is 1.53. The molecule has 0 amide bonds. The molecule has 3 rings (SSSR count). The molecule has 0 spiro atoms. The van der Waals surface area contributed by atoms with E-state index in [9.17, 15) is 10.1 Å². The molecule has 1 aromatic carbocycles. The van der Waals surface area contributed by atoms with Gasteiger partial charge in [0.25, 0.3) is 5.69 Å². The predicted molar refractivity (Wildman–Crippen MR) is 73.6 cm³/mol. The maximum atomic E-state index is 11.0. The molecule has 1 heterocycles. The zero-order valence-corrected chi connectivity index (χ0v) is 11.3. The molecular formula is C13H13N3O2S. The van der Waals surface area contributed by atoms with Crippen molar-refractivity contribution in [3.63, 3.8) is 0 Å². The predicted octanol–water partition coefficient (Wildman–Crippen LogP) is 3.33. The van der Waals surface area contributed by atoms with Crippen LogP contribution in [-0.4, -0.2) is 9.49 Å². The van der Waals surface area contributed by atoms with E-state index in [4.69, 9.17) is 0 Å². The van der Waals surface area contributed by atoms with E-state index in [1.165, 1.54) is 35.9 Å². The zero-order chi connectivity index (χ0) is 13.4. The van der Waals surface area contributed by atoms with Gasteiger partial charge >= 0.3 is 0 Å². The molecule has 0 unspecified atom stereocenters. The van der Waals surface area contributed by atoms with Crippen molar-refractivity contribution in [3.05, 3.63) is 50.3 Å². The van der Waals surface area contributed by atoms with Crippen molar-refractivity contribution in [1.82, 2.24) is 4.57 Å². The maximum absolute atomic E-state index is 11.0. The van der Waals surface area contributed by atoms with E-state index < -0.39 is 0 Å². The van der Waals surface area contributed by atoms with Gasteiger partial charge in [0.2, 0.25) is 0 Å². The summed E-state index contributed by atoms with van der Waals surface area (Å²) < 4.78 is 2.18. The molecule has 0 bridgehead atoms. The van der Waals surface area contributed by atoms with Crippen molar-refractivity contribution in [2.75, 3.05) is 0 Å². The summed E-state index contributed by atoms with van der Waals surface area (Å²) in [6.07, 6.45) is 2.34. The van der Waals surface area contributed by atoms with E-state index in [1.54, 1.807) is 18.2 Å². The first-order valence-electron chi connectivity index (χ1n) is 6.11. The lowest BCUT2D eigenvalue weighted by Gasteiger charge is -2.02. The Morgan fingerprint density at radius 1 is 1.42 bits per heavy atom. The van der Waals surface area contributed by atoms with Gasteiger partial charge < -0.3 is 4.57 Å². The van der Waals surface area contributed by atoms with E-state index in [1.807, 2.05) is 12.3 Å². The average molecular weight is 275 g/mol. The van der Waals surface area contributed by atoms with Crippen LogP contribution < -0.4 is 4.80 Å². The third-order valence-corrected chi connectivity index (χ3v) is 4.09. The van der Waals surface area contributed by atoms with E-state index in [0.717, 1.165) is 4.80 Å². The molecule has 0 aliphatic heterocycles. The Morgan fingerprint density at radius 2 is 2.16 bits per heavy atom. The molecule has 1 aliphatic rings. The first-order valence-corrected chi connectivity index (χ1v) is 6.99. The van der Waals surface area contributed by atoms with E-state index >= 15 is 0 Å². The normalized spacial score (nSPS) is 15.7. The third-order valence-electron chi connectivity index (χ3n) is 3.13. The van der Waals surface area contributed by atoms with E-state index in [0.29, 0.717) is 11.7 Å². The van der Waals surface area contributed by atoms with Crippen LogP contribution >= 0.6 is 11.3 Å². The standard InChI is InChI=1S/C13H13N3O2S/c1-9-8-19-13(15(9)10-6-7-10)14-11-4-2-3-5-12(11)16(17)18/h2-5,8,10H,6-7H2,1H3. The van der Waals surface area contributed by atoms with Gasteiger partial charge in [-0.05, 0) is 25.8 Å². The number of thiazole rings is 1. The number of nitro benzene ring substituents is 1. The SMILES string of the molecule is Cc1csc(=Nc2ccccc2[N+](=O)[O-])n1C1CC1. The van der Waals surface area contributed by atoms with Crippen LogP contribution in [0.15, 0.2) is 34.6 Å². The number of nitro groups is 1. The van der Waals surface area contributed by atoms with Gasteiger partial charge in [-0.1, -0.05) is 12.1 Å². The third kappa shape index (κ3) is 2.31. The highest BCUT2D eigenvalue weighted by atomic mass is 32.1. The van der Waals surface area contributed by atoms with Gasteiger partial charge in [-0.2, -0.15) is 0 Å². The maximum Gasteiger partial charge on any atom is 0.294 e. The first-order chi connectivity index (χ1) is 9.16. The van der Waals surface area contributed by atoms with Crippen LogP contribution in [0.2, 0.25) is 0 Å². The minimum atomic E-state index is -0.388. The summed E-state index contributed by atoms with van der Waals surface area (Å²) in [5.74, 6) is 0. The number of aryl methyl sites for hydroxylation is 1. The summed E-state index contributed by atoms with van der Waals surface area (Å²) in [7, 11) is 0. The highest BCUT2D eigenvalue weighted by molar-refractivity contribution is 7.07. The number of aromatic nitrogens is 1. The molecule has 2 aromatic rings. The molecule has 98 valence electrons. The van der Waals surface area contributed by atoms with Crippen LogP contribution in [0.3, 0.4) is 0 Å². The van der Waals surface area contributed by atoms with Gasteiger partial charge in [0.1, 0.15) is 5.69 Å². The fraction of sp³-hybridized carbons (Fsp3) is 0.308. The number of benzene rings is 1. The van der Waals surface area contributed by atoms with Crippen LogP contribution in [0.25, 0.3) is 0 Å². The zero-order valence-electron chi connectivity index (χ0n) is 10.4. The van der Waals surface area contributed by atoms with Crippen molar-refractivity contribution in [2.24, 2.45) is 4.99 Å². The molecule has 6 heteroatoms. The topological polar surface area (TPSA) is 60.4 Å². The van der Waals surface area contributed by atoms with Crippen molar-refractivity contribution >= 4 is 22.7 Å². The average Bonchev–Trinajstić information content (AvgIpc) is 3.15. The largest absolute Gasteiger partial charge is 0.318 e. The lowest BCUT2D eigenvalue weighted by Crippen LogP contribution is -2.14. The molecule has 1 aromatic heterocycles. The molecule has 19 heavy (non-hydrogen) atoms. The van der Waals surface area contributed by atoms with Gasteiger partial charge in [0, 0.05) is 23.2 Å². The number of hydrogen-bond acceptors (Lipinski definition) is 4. The lowest BCUT2D eigenvalue weighted by atomic mass is 10.3. The Kier molecular flexibility index (Phi) is 2.94. The number of nitrogens with zero attached hydrogens (tertiary/aromatic N) is 3. The Hall–Kier alpha value is -1.95. The highest BCUT2D eigenvalue weighted by Gasteiger charge is 2.26. The molecular weight excluding hydrogens is 262 g/mol. The summed E-state index contributed by atoms with van der Waals surface area (Å²) in [5, 5.41) is 13.0. The van der Waals surface area contributed by atoms with Crippen LogP contribution in [-0.2, 0) is 0 Å². The van der Waals surface area contributed by atoms with Crippen LogP contribution in [0, 0.1) is 17.0 Å². The molecule has 1 saturated carbocycles. The molecule has 0 saturated heterocycles. The van der Waals surface area contributed by atoms with Crippen molar-refractivity contribution in [2.45, 2.75) is 25.8 Å². The van der Waals surface area contributed by atoms with Gasteiger partial charge in [0.05, 0.1) is 4.92 Å². The smallest absolute Gasteiger partial charge is 0.294 e. The fourth-order valence-corrected chi connectivity index (χ4v) is 3.02. The van der Waals surface area contributed by atoms with Crippen LogP contribution in [0.1, 0.15) is 24.6 Å². The second kappa shape index (κ2) is 4.62. The molecule has 0 N–H and O–H groups in total. The Bertz CT molecular complexity index is 698. The van der Waals surface area contributed by atoms with Crippen molar-refractivity contribution in [3.8, 4) is 0 Å². The van der Waals surface area contributed by atoms with Gasteiger partial charge in [-0.25, -0.2) is 4.99 Å². The summed E-state index contributed by atoms with van der Waals surface area (Å²) in [4.78, 5) is 15.9. The minimum absolute atomic E-state index is 0.0518. The Balaban J connectivity index is 2.14. The minimum Gasteiger partial charge on any atom is -0.318 e. The van der Waals surface area contributed by atoms with Crippen LogP contribution in [0.5, 0.6) is 0 Å². The Morgan fingerprint density at radius 3 is 2.84 bits per heavy atom. The van der Waals surface area contributed by atoms with Gasteiger partial charge in [-0.3, -0.25) is 10.1 Å². The fourth-order valence-electron chi connectivity index (χ4n) is 2.08. The molecule has 5 nitrogen and oxygen atoms in total. The Labute approximate surface area is 114 Å². The quantitative estimate of drug-likeness (QED) is 0.637. The monoisotopic (exact) mass is 275 g/mol. The summed E-state index contributed by atoms with van der Waals surface area (Å²) in [6, 6.07) is 7.12. The molecule has 0 atom stereocenters. The lowest BCUT2D eigenvalue weighted by molar-refractivity contribution is -0.384. The number of hydrogen-bond donors (Lipinski definition) is 0. The second-order valence-electron chi connectivity index (χ2n) is 4.62. The second-order valence-corrected chi connectivity index (χ2v) is 5.46. The number of rotatable bonds is 3. The summed E-state index contributed by atoms with van der Waals surface area (Å²) in [5.41, 5.74) is 1.64. The first kappa shape index (κ1) is 12.1. The highest BCUT2D eigenvalue weighted by Crippen LogP contribution is 2.35. The van der Waals surface area contributed by atoms with Gasteiger partial charge in [0.15, 0.2) is 4.80 Å². The van der Waals surface area contributed by atoms with E-state index in [-0.39, 0.29) is 10.6 Å². The molecule has 1 fully saturated rings. The molecule has 1 aliphatic carbocycles. The van der Waals surface area contributed by atoms with Crippen molar-refractivity contribution in [1.29, 1.82) is 0 Å².